The number of carbonyl (C=O) groups is 2. The van der Waals surface area contributed by atoms with Gasteiger partial charge in [0.2, 0.25) is 0 Å². The molecule has 0 rings (SSSR count). The Labute approximate surface area is 57.5 Å². The van der Waals surface area contributed by atoms with Crippen molar-refractivity contribution in [1.82, 2.24) is 0 Å². The maximum atomic E-state index is 10.1. The molecular weight excluding hydrogens is 140 g/mol. The number of rotatable bonds is 3. The van der Waals surface area contributed by atoms with E-state index in [4.69, 9.17) is 5.11 Å². The van der Waals surface area contributed by atoms with Crippen LogP contribution in [0, 0.1) is 0 Å². The van der Waals surface area contributed by atoms with E-state index in [2.05, 4.69) is 9.47 Å². The minimum absolute atomic E-state index is 0.0262. The first-order valence-electron chi connectivity index (χ1n) is 2.57. The van der Waals surface area contributed by atoms with E-state index in [1.807, 2.05) is 0 Å². The molecule has 10 heavy (non-hydrogen) atoms. The van der Waals surface area contributed by atoms with Crippen LogP contribution in [0.3, 0.4) is 0 Å². The Morgan fingerprint density at radius 2 is 2.00 bits per heavy atom. The average molecular weight is 148 g/mol. The zero-order valence-corrected chi connectivity index (χ0v) is 5.49. The highest BCUT2D eigenvalue weighted by Gasteiger charge is 2.11. The van der Waals surface area contributed by atoms with Crippen molar-refractivity contribution in [3.8, 4) is 0 Å². The van der Waals surface area contributed by atoms with Crippen LogP contribution in [-0.4, -0.2) is 37.4 Å². The predicted molar refractivity (Wildman–Crippen MR) is 30.5 cm³/mol. The molecule has 0 aliphatic carbocycles. The third-order valence-electron chi connectivity index (χ3n) is 0.695. The Bertz CT molecular complexity index is 130. The molecule has 0 saturated carbocycles. The molecule has 5 nitrogen and oxygen atoms in total. The van der Waals surface area contributed by atoms with Crippen LogP contribution in [-0.2, 0) is 19.1 Å². The second kappa shape index (κ2) is 4.75. The van der Waals surface area contributed by atoms with E-state index in [1.54, 1.807) is 0 Å². The summed E-state index contributed by atoms with van der Waals surface area (Å²) in [7, 11) is 1.43. The monoisotopic (exact) mass is 148 g/mol. The highest BCUT2D eigenvalue weighted by atomic mass is 16.6. The lowest BCUT2D eigenvalue weighted by atomic mass is 10.7. The van der Waals surface area contributed by atoms with Crippen LogP contribution in [0.25, 0.3) is 0 Å². The summed E-state index contributed by atoms with van der Waals surface area (Å²) in [6, 6.07) is 0. The largest absolute Gasteiger partial charge is 0.473 e. The van der Waals surface area contributed by atoms with Gasteiger partial charge in [-0.05, 0) is 0 Å². The second-order valence-electron chi connectivity index (χ2n) is 1.43. The van der Waals surface area contributed by atoms with Gasteiger partial charge in [0.15, 0.2) is 0 Å². The zero-order valence-electron chi connectivity index (χ0n) is 5.49. The number of methoxy groups -OCH3 is 1. The summed E-state index contributed by atoms with van der Waals surface area (Å²) in [6.07, 6.45) is 0. The van der Waals surface area contributed by atoms with Gasteiger partial charge < -0.3 is 14.6 Å². The molecule has 5 heteroatoms. The lowest BCUT2D eigenvalue weighted by molar-refractivity contribution is -0.164. The van der Waals surface area contributed by atoms with E-state index < -0.39 is 11.9 Å². The van der Waals surface area contributed by atoms with E-state index >= 15 is 0 Å². The van der Waals surface area contributed by atoms with Crippen LogP contribution < -0.4 is 0 Å². The molecule has 0 aromatic heterocycles. The molecule has 0 atom stereocenters. The van der Waals surface area contributed by atoms with E-state index in [9.17, 15) is 9.59 Å². The Hall–Kier alpha value is -1.10. The maximum Gasteiger partial charge on any atom is 0.417 e. The Kier molecular flexibility index (Phi) is 4.23. The van der Waals surface area contributed by atoms with Gasteiger partial charge in [0, 0.05) is 7.11 Å². The van der Waals surface area contributed by atoms with Crippen LogP contribution in [0.15, 0.2) is 0 Å². The molecule has 0 amide bonds. The molecular formula is C5H8O5. The van der Waals surface area contributed by atoms with Crippen molar-refractivity contribution in [2.45, 2.75) is 0 Å². The third kappa shape index (κ3) is 3.85. The van der Waals surface area contributed by atoms with Gasteiger partial charge in [0.05, 0.1) is 6.61 Å². The molecule has 58 valence electrons. The number of carbonyl (C=O) groups excluding carboxylic acids is 1. The number of aliphatic carboxylic acids is 1. The van der Waals surface area contributed by atoms with Crippen LogP contribution in [0.4, 0.5) is 0 Å². The minimum atomic E-state index is -1.59. The van der Waals surface area contributed by atoms with Gasteiger partial charge >= 0.3 is 11.9 Å². The molecule has 0 aliphatic heterocycles. The molecule has 0 unspecified atom stereocenters. The quantitative estimate of drug-likeness (QED) is 0.324. The zero-order chi connectivity index (χ0) is 7.98. The van der Waals surface area contributed by atoms with E-state index in [1.165, 1.54) is 7.11 Å². The van der Waals surface area contributed by atoms with Crippen LogP contribution in [0.2, 0.25) is 0 Å². The molecule has 0 saturated heterocycles. The highest BCUT2D eigenvalue weighted by Crippen LogP contribution is 1.78. The summed E-state index contributed by atoms with van der Waals surface area (Å²) < 4.78 is 8.68. The minimum Gasteiger partial charge on any atom is -0.473 e. The van der Waals surface area contributed by atoms with Crippen LogP contribution >= 0.6 is 0 Å². The summed E-state index contributed by atoms with van der Waals surface area (Å²) in [4.78, 5) is 19.9. The van der Waals surface area contributed by atoms with Crippen molar-refractivity contribution in [3.05, 3.63) is 0 Å². The highest BCUT2D eigenvalue weighted by molar-refractivity contribution is 6.28. The molecule has 0 aromatic rings. The van der Waals surface area contributed by atoms with Crippen molar-refractivity contribution in [3.63, 3.8) is 0 Å². The first-order valence-corrected chi connectivity index (χ1v) is 2.57. The van der Waals surface area contributed by atoms with Crippen molar-refractivity contribution < 1.29 is 24.2 Å². The maximum absolute atomic E-state index is 10.1. The van der Waals surface area contributed by atoms with Crippen molar-refractivity contribution in [2.75, 3.05) is 20.3 Å². The fraction of sp³-hybridized carbons (Fsp3) is 0.600. The fourth-order valence-corrected chi connectivity index (χ4v) is 0.279. The van der Waals surface area contributed by atoms with Crippen molar-refractivity contribution >= 4 is 11.9 Å². The summed E-state index contributed by atoms with van der Waals surface area (Å²) in [5.41, 5.74) is 0. The molecule has 1 N–H and O–H groups in total. The number of hydrogen-bond donors (Lipinski definition) is 1. The topological polar surface area (TPSA) is 72.8 Å². The first-order chi connectivity index (χ1) is 4.68. The summed E-state index contributed by atoms with van der Waals surface area (Å²) in [5, 5.41) is 7.97. The number of esters is 1. The number of hydrogen-bond acceptors (Lipinski definition) is 4. The molecule has 0 fully saturated rings. The van der Waals surface area contributed by atoms with Gasteiger partial charge in [0.25, 0.3) is 0 Å². The van der Waals surface area contributed by atoms with Gasteiger partial charge in [-0.15, -0.1) is 0 Å². The molecule has 0 bridgehead atoms. The second-order valence-corrected chi connectivity index (χ2v) is 1.43. The van der Waals surface area contributed by atoms with Crippen molar-refractivity contribution in [1.29, 1.82) is 0 Å². The van der Waals surface area contributed by atoms with Gasteiger partial charge in [-0.25, -0.2) is 9.59 Å². The fourth-order valence-electron chi connectivity index (χ4n) is 0.279. The average Bonchev–Trinajstić information content (AvgIpc) is 1.88. The molecule has 0 aromatic carbocycles. The number of ether oxygens (including phenoxy) is 2. The standard InChI is InChI=1S/C5H8O5/c1-9-2-3-10-5(8)4(6)7/h2-3H2,1H3,(H,6,7). The molecule has 0 radical (unpaired) electrons. The third-order valence-corrected chi connectivity index (χ3v) is 0.695. The van der Waals surface area contributed by atoms with E-state index in [0.717, 1.165) is 0 Å². The Morgan fingerprint density at radius 3 is 2.40 bits per heavy atom. The Morgan fingerprint density at radius 1 is 1.40 bits per heavy atom. The van der Waals surface area contributed by atoms with E-state index in [-0.39, 0.29) is 13.2 Å². The van der Waals surface area contributed by atoms with Crippen LogP contribution in [0.5, 0.6) is 0 Å². The smallest absolute Gasteiger partial charge is 0.417 e. The van der Waals surface area contributed by atoms with Gasteiger partial charge in [0.1, 0.15) is 6.61 Å². The number of carboxylic acid groups (broad SMARTS) is 1. The lowest BCUT2D eigenvalue weighted by Gasteiger charge is -1.98. The predicted octanol–water partition coefficient (Wildman–Crippen LogP) is -0.739. The van der Waals surface area contributed by atoms with Gasteiger partial charge in [-0.1, -0.05) is 0 Å². The lowest BCUT2D eigenvalue weighted by Crippen LogP contribution is -2.18. The summed E-state index contributed by atoms with van der Waals surface area (Å²) in [6.45, 7) is 0.181. The van der Waals surface area contributed by atoms with Gasteiger partial charge in [-0.2, -0.15) is 0 Å². The normalized spacial score (nSPS) is 8.90. The van der Waals surface area contributed by atoms with Gasteiger partial charge in [-0.3, -0.25) is 0 Å². The molecule has 0 aliphatic rings. The molecule has 0 heterocycles. The van der Waals surface area contributed by atoms with E-state index in [0.29, 0.717) is 0 Å². The Balaban J connectivity index is 3.31. The summed E-state index contributed by atoms with van der Waals surface area (Å²) in [5.74, 6) is -2.84. The SMILES string of the molecule is COCCOC(=O)C(=O)O. The first kappa shape index (κ1) is 8.90. The van der Waals surface area contributed by atoms with Crippen molar-refractivity contribution in [2.24, 2.45) is 0 Å². The number of carboxylic acids is 1. The summed E-state index contributed by atoms with van der Waals surface area (Å²) >= 11 is 0. The van der Waals surface area contributed by atoms with Crippen LogP contribution in [0.1, 0.15) is 0 Å². The molecule has 0 spiro atoms.